The molecule has 78 valence electrons. The molecule has 5 heteroatoms. The summed E-state index contributed by atoms with van der Waals surface area (Å²) in [5.74, 6) is 0. The highest BCUT2D eigenvalue weighted by Gasteiger charge is 2.11. The van der Waals surface area contributed by atoms with Crippen molar-refractivity contribution in [2.45, 2.75) is 0 Å². The van der Waals surface area contributed by atoms with Crippen LogP contribution in [0.5, 0.6) is 0 Å². The molecule has 0 aromatic carbocycles. The largest absolute Gasteiger partial charge is 0.380 e. The van der Waals surface area contributed by atoms with Crippen LogP contribution in [-0.4, -0.2) is 14.1 Å². The van der Waals surface area contributed by atoms with Crippen LogP contribution in [0, 0.1) is 0 Å². The molecule has 0 spiro atoms. The number of nitrogens with one attached hydrogen (secondary N) is 2. The van der Waals surface area contributed by atoms with E-state index < -0.39 is 0 Å². The lowest BCUT2D eigenvalue weighted by Crippen LogP contribution is -1.79. The van der Waals surface area contributed by atoms with Crippen LogP contribution in [0.1, 0.15) is 0 Å². The van der Waals surface area contributed by atoms with Crippen LogP contribution in [-0.2, 0) is 0 Å². The Labute approximate surface area is 99.5 Å². The van der Waals surface area contributed by atoms with E-state index in [1.807, 2.05) is 48.1 Å². The van der Waals surface area contributed by atoms with E-state index in [0.29, 0.717) is 0 Å². The van der Waals surface area contributed by atoms with Crippen molar-refractivity contribution in [3.05, 3.63) is 12.1 Å². The number of hydrogen-bond acceptors (Lipinski definition) is 5. The highest BCUT2D eigenvalue weighted by molar-refractivity contribution is 7.40. The van der Waals surface area contributed by atoms with Crippen molar-refractivity contribution in [3.63, 3.8) is 0 Å². The summed E-state index contributed by atoms with van der Waals surface area (Å²) >= 11 is 5.55. The first kappa shape index (κ1) is 9.45. The Morgan fingerprint density at radius 1 is 0.800 bits per heavy atom. The first-order chi connectivity index (χ1) is 7.31. The molecule has 15 heavy (non-hydrogen) atoms. The molecular weight excluding hydrogens is 244 g/mol. The van der Waals surface area contributed by atoms with E-state index in [1.165, 1.54) is 28.8 Å². The lowest BCUT2D eigenvalue weighted by Gasteiger charge is -1.88. The van der Waals surface area contributed by atoms with Gasteiger partial charge in [0.05, 0.1) is 19.4 Å². The first-order valence-corrected chi connectivity index (χ1v) is 7.08. The smallest absolute Gasteiger partial charge is 0.0901 e. The highest BCUT2D eigenvalue weighted by atomic mass is 32.1. The summed E-state index contributed by atoms with van der Waals surface area (Å²) in [6.07, 6.45) is 0. The standard InChI is InChI=1S/C10H10N2S3/c1-11-7-3-5-9(14-7)10-6(13-5)4-8(12-2)15-10/h3-4,11-12H,1-2H3. The number of anilines is 2. The van der Waals surface area contributed by atoms with Crippen molar-refractivity contribution in [1.82, 2.24) is 0 Å². The highest BCUT2D eigenvalue weighted by Crippen LogP contribution is 2.46. The molecule has 0 aliphatic heterocycles. The predicted molar refractivity (Wildman–Crippen MR) is 74.2 cm³/mol. The lowest BCUT2D eigenvalue weighted by atomic mass is 10.5. The maximum absolute atomic E-state index is 3.20. The minimum Gasteiger partial charge on any atom is -0.380 e. The lowest BCUT2D eigenvalue weighted by molar-refractivity contribution is 1.60. The van der Waals surface area contributed by atoms with E-state index in [-0.39, 0.29) is 0 Å². The molecule has 3 rings (SSSR count). The van der Waals surface area contributed by atoms with Crippen LogP contribution < -0.4 is 10.6 Å². The molecule has 0 aliphatic carbocycles. The van der Waals surface area contributed by atoms with Gasteiger partial charge in [0.15, 0.2) is 0 Å². The van der Waals surface area contributed by atoms with E-state index in [1.54, 1.807) is 0 Å². The van der Waals surface area contributed by atoms with Crippen LogP contribution in [0.15, 0.2) is 12.1 Å². The average Bonchev–Trinajstić information content (AvgIpc) is 2.85. The second-order valence-electron chi connectivity index (χ2n) is 3.21. The van der Waals surface area contributed by atoms with Gasteiger partial charge in [-0.05, 0) is 12.1 Å². The molecule has 0 bridgehead atoms. The fourth-order valence-corrected chi connectivity index (χ4v) is 5.31. The fourth-order valence-electron chi connectivity index (χ4n) is 1.58. The molecular formula is C10H10N2S3. The summed E-state index contributed by atoms with van der Waals surface area (Å²) in [5.41, 5.74) is 0. The SMILES string of the molecule is CNc1cc2sc3cc(NC)sc3c2s1. The van der Waals surface area contributed by atoms with Gasteiger partial charge in [-0.1, -0.05) is 0 Å². The zero-order valence-corrected chi connectivity index (χ0v) is 10.8. The van der Waals surface area contributed by atoms with Crippen molar-refractivity contribution in [3.8, 4) is 0 Å². The van der Waals surface area contributed by atoms with E-state index in [4.69, 9.17) is 0 Å². The molecule has 0 radical (unpaired) electrons. The van der Waals surface area contributed by atoms with E-state index in [2.05, 4.69) is 22.8 Å². The third-order valence-corrected chi connectivity index (χ3v) is 6.13. The molecule has 0 unspecified atom stereocenters. The molecule has 0 fully saturated rings. The van der Waals surface area contributed by atoms with Crippen molar-refractivity contribution >= 4 is 62.8 Å². The van der Waals surface area contributed by atoms with Gasteiger partial charge in [0.2, 0.25) is 0 Å². The van der Waals surface area contributed by atoms with Gasteiger partial charge >= 0.3 is 0 Å². The minimum absolute atomic E-state index is 1.25. The Bertz CT molecular complexity index is 564. The van der Waals surface area contributed by atoms with Gasteiger partial charge < -0.3 is 10.6 Å². The third kappa shape index (κ3) is 1.34. The molecule has 0 saturated carbocycles. The monoisotopic (exact) mass is 254 g/mol. The fraction of sp³-hybridized carbons (Fsp3) is 0.200. The maximum atomic E-state index is 3.20. The Kier molecular flexibility index (Phi) is 2.12. The van der Waals surface area contributed by atoms with Gasteiger partial charge in [0, 0.05) is 23.5 Å². The van der Waals surface area contributed by atoms with Crippen LogP contribution in [0.2, 0.25) is 0 Å². The number of hydrogen-bond donors (Lipinski definition) is 2. The molecule has 3 heterocycles. The first-order valence-electron chi connectivity index (χ1n) is 4.63. The Morgan fingerprint density at radius 3 is 1.67 bits per heavy atom. The summed E-state index contributed by atoms with van der Waals surface area (Å²) in [6.45, 7) is 0. The third-order valence-electron chi connectivity index (χ3n) is 2.31. The van der Waals surface area contributed by atoms with Gasteiger partial charge in [-0.3, -0.25) is 0 Å². The van der Waals surface area contributed by atoms with Crippen molar-refractivity contribution in [2.75, 3.05) is 24.7 Å². The molecule has 0 aliphatic rings. The van der Waals surface area contributed by atoms with Gasteiger partial charge in [0.25, 0.3) is 0 Å². The second kappa shape index (κ2) is 3.37. The van der Waals surface area contributed by atoms with Crippen LogP contribution >= 0.6 is 34.0 Å². The Morgan fingerprint density at radius 2 is 1.27 bits per heavy atom. The summed E-state index contributed by atoms with van der Waals surface area (Å²) in [4.78, 5) is 0. The minimum atomic E-state index is 1.25. The summed E-state index contributed by atoms with van der Waals surface area (Å²) in [5, 5.41) is 8.90. The van der Waals surface area contributed by atoms with Gasteiger partial charge in [-0.15, -0.1) is 34.0 Å². The summed E-state index contributed by atoms with van der Waals surface area (Å²) in [6, 6.07) is 4.47. The van der Waals surface area contributed by atoms with Crippen LogP contribution in [0.4, 0.5) is 10.0 Å². The summed E-state index contributed by atoms with van der Waals surface area (Å²) in [7, 11) is 3.94. The Hall–Kier alpha value is -0.780. The van der Waals surface area contributed by atoms with Gasteiger partial charge in [0.1, 0.15) is 0 Å². The molecule has 0 atom stereocenters. The topological polar surface area (TPSA) is 24.1 Å². The molecule has 3 aromatic rings. The maximum Gasteiger partial charge on any atom is 0.0901 e. The second-order valence-corrected chi connectivity index (χ2v) is 6.40. The number of rotatable bonds is 2. The van der Waals surface area contributed by atoms with Crippen molar-refractivity contribution < 1.29 is 0 Å². The summed E-state index contributed by atoms with van der Waals surface area (Å²) < 4.78 is 5.64. The van der Waals surface area contributed by atoms with E-state index >= 15 is 0 Å². The molecule has 0 amide bonds. The zero-order chi connectivity index (χ0) is 10.4. The number of fused-ring (bicyclic) bond motifs is 3. The number of thiophene rings is 3. The molecule has 0 saturated heterocycles. The molecule has 3 aromatic heterocycles. The predicted octanol–water partition coefficient (Wildman–Crippen LogP) is 4.26. The average molecular weight is 254 g/mol. The zero-order valence-electron chi connectivity index (χ0n) is 8.38. The molecule has 2 N–H and O–H groups in total. The molecule has 2 nitrogen and oxygen atoms in total. The van der Waals surface area contributed by atoms with Crippen LogP contribution in [0.25, 0.3) is 18.8 Å². The van der Waals surface area contributed by atoms with Crippen molar-refractivity contribution in [1.29, 1.82) is 0 Å². The van der Waals surface area contributed by atoms with Crippen LogP contribution in [0.3, 0.4) is 0 Å². The van der Waals surface area contributed by atoms with Crippen molar-refractivity contribution in [2.24, 2.45) is 0 Å². The van der Waals surface area contributed by atoms with Gasteiger partial charge in [-0.25, -0.2) is 0 Å². The van der Waals surface area contributed by atoms with E-state index in [9.17, 15) is 0 Å². The normalized spacial score (nSPS) is 11.3. The quantitative estimate of drug-likeness (QED) is 0.714. The Balaban J connectivity index is 2.32. The van der Waals surface area contributed by atoms with E-state index in [0.717, 1.165) is 0 Å². The van der Waals surface area contributed by atoms with Gasteiger partial charge in [-0.2, -0.15) is 0 Å².